The predicted molar refractivity (Wildman–Crippen MR) is 81.0 cm³/mol. The van der Waals surface area contributed by atoms with E-state index in [2.05, 4.69) is 31.5 Å². The Bertz CT molecular complexity index is 509. The first-order chi connectivity index (χ1) is 10.2. The van der Waals surface area contributed by atoms with Gasteiger partial charge in [-0.25, -0.2) is 0 Å². The van der Waals surface area contributed by atoms with E-state index in [0.29, 0.717) is 6.04 Å². The number of anilines is 1. The van der Waals surface area contributed by atoms with Crippen LogP contribution in [0.1, 0.15) is 25.8 Å². The maximum Gasteiger partial charge on any atom is 0.313 e. The van der Waals surface area contributed by atoms with Gasteiger partial charge in [0.1, 0.15) is 0 Å². The van der Waals surface area contributed by atoms with E-state index in [0.717, 1.165) is 56.7 Å². The van der Waals surface area contributed by atoms with Gasteiger partial charge in [-0.05, 0) is 19.4 Å². The quantitative estimate of drug-likeness (QED) is 0.783. The molecular formula is C13H21N5O2S. The lowest BCUT2D eigenvalue weighted by Gasteiger charge is -2.34. The van der Waals surface area contributed by atoms with Crippen molar-refractivity contribution in [3.8, 4) is 0 Å². The van der Waals surface area contributed by atoms with E-state index in [1.54, 1.807) is 0 Å². The molecule has 116 valence electrons. The Morgan fingerprint density at radius 1 is 1.29 bits per heavy atom. The molecule has 1 aromatic heterocycles. The number of carbonyl (C=O) groups is 1. The molecule has 3 rings (SSSR count). The molecule has 1 N–H and O–H groups in total. The lowest BCUT2D eigenvalue weighted by Crippen LogP contribution is -2.47. The number of aliphatic carboxylic acids is 1. The molecular weight excluding hydrogens is 290 g/mol. The van der Waals surface area contributed by atoms with Crippen LogP contribution in [0.5, 0.6) is 0 Å². The second-order valence-corrected chi connectivity index (χ2v) is 6.43. The zero-order valence-corrected chi connectivity index (χ0v) is 13.1. The monoisotopic (exact) mass is 311 g/mol. The third-order valence-corrected chi connectivity index (χ3v) is 4.91. The second kappa shape index (κ2) is 6.23. The fourth-order valence-electron chi connectivity index (χ4n) is 2.63. The minimum absolute atomic E-state index is 0.0362. The minimum Gasteiger partial charge on any atom is -0.481 e. The van der Waals surface area contributed by atoms with Crippen molar-refractivity contribution in [2.75, 3.05) is 43.4 Å². The smallest absolute Gasteiger partial charge is 0.313 e. The number of hydrogen-bond donors (Lipinski definition) is 1. The third-order valence-electron chi connectivity index (χ3n) is 3.99. The van der Waals surface area contributed by atoms with Crippen molar-refractivity contribution in [1.82, 2.24) is 19.7 Å². The molecule has 0 aromatic carbocycles. The van der Waals surface area contributed by atoms with E-state index in [4.69, 9.17) is 5.11 Å². The summed E-state index contributed by atoms with van der Waals surface area (Å²) in [5, 5.41) is 18.1. The summed E-state index contributed by atoms with van der Waals surface area (Å²) in [6.45, 7) is 7.29. The second-order valence-electron chi connectivity index (χ2n) is 5.49. The van der Waals surface area contributed by atoms with Gasteiger partial charge < -0.3 is 14.9 Å². The molecule has 1 aliphatic carbocycles. The molecule has 21 heavy (non-hydrogen) atoms. The number of likely N-dealkylation sites (N-methyl/N-ethyl adjacent to an activating group) is 1. The van der Waals surface area contributed by atoms with Gasteiger partial charge in [-0.2, -0.15) is 0 Å². The van der Waals surface area contributed by atoms with Crippen LogP contribution in [0.15, 0.2) is 5.16 Å². The van der Waals surface area contributed by atoms with Crippen molar-refractivity contribution < 1.29 is 9.90 Å². The first-order valence-electron chi connectivity index (χ1n) is 7.46. The predicted octanol–water partition coefficient (Wildman–Crippen LogP) is 0.932. The van der Waals surface area contributed by atoms with Crippen molar-refractivity contribution in [3.63, 3.8) is 0 Å². The minimum atomic E-state index is -0.816. The van der Waals surface area contributed by atoms with Crippen LogP contribution in [0.3, 0.4) is 0 Å². The lowest BCUT2D eigenvalue weighted by atomic mass is 10.3. The largest absolute Gasteiger partial charge is 0.481 e. The molecule has 1 saturated heterocycles. The van der Waals surface area contributed by atoms with Gasteiger partial charge in [0.15, 0.2) is 5.16 Å². The third kappa shape index (κ3) is 3.32. The Kier molecular flexibility index (Phi) is 4.34. The summed E-state index contributed by atoms with van der Waals surface area (Å²) in [4.78, 5) is 15.5. The van der Waals surface area contributed by atoms with Crippen molar-refractivity contribution in [3.05, 3.63) is 0 Å². The van der Waals surface area contributed by atoms with Crippen LogP contribution in [-0.4, -0.2) is 69.2 Å². The molecule has 0 unspecified atom stereocenters. The van der Waals surface area contributed by atoms with Gasteiger partial charge in [-0.3, -0.25) is 9.36 Å². The Labute approximate surface area is 128 Å². The van der Waals surface area contributed by atoms with Crippen LogP contribution in [0.2, 0.25) is 0 Å². The van der Waals surface area contributed by atoms with Gasteiger partial charge >= 0.3 is 5.97 Å². The summed E-state index contributed by atoms with van der Waals surface area (Å²) in [5.41, 5.74) is 0. The molecule has 1 saturated carbocycles. The highest BCUT2D eigenvalue weighted by Crippen LogP contribution is 2.41. The number of rotatable bonds is 6. The van der Waals surface area contributed by atoms with Gasteiger partial charge in [0.25, 0.3) is 0 Å². The Morgan fingerprint density at radius 3 is 2.57 bits per heavy atom. The zero-order chi connectivity index (χ0) is 14.8. The maximum atomic E-state index is 10.8. The molecule has 2 heterocycles. The molecule has 2 fully saturated rings. The zero-order valence-electron chi connectivity index (χ0n) is 12.2. The molecule has 0 bridgehead atoms. The standard InChI is InChI=1S/C13H21N5O2S/c1-2-16-5-7-17(8-6-16)12-14-15-13(21-9-11(19)20)18(12)10-3-4-10/h10H,2-9H2,1H3,(H,19,20). The number of carboxylic acid groups (broad SMARTS) is 1. The van der Waals surface area contributed by atoms with E-state index < -0.39 is 5.97 Å². The highest BCUT2D eigenvalue weighted by Gasteiger charge is 2.32. The van der Waals surface area contributed by atoms with Crippen LogP contribution >= 0.6 is 11.8 Å². The first-order valence-corrected chi connectivity index (χ1v) is 8.44. The molecule has 2 aliphatic rings. The van der Waals surface area contributed by atoms with Crippen LogP contribution in [0, 0.1) is 0 Å². The normalized spacial score (nSPS) is 20.0. The number of thioether (sulfide) groups is 1. The Hall–Kier alpha value is -1.28. The average molecular weight is 311 g/mol. The summed E-state index contributed by atoms with van der Waals surface area (Å²) in [7, 11) is 0. The van der Waals surface area contributed by atoms with E-state index in [1.165, 1.54) is 11.8 Å². The molecule has 7 nitrogen and oxygen atoms in total. The van der Waals surface area contributed by atoms with E-state index in [1.807, 2.05) is 0 Å². The summed E-state index contributed by atoms with van der Waals surface area (Å²) in [6, 6.07) is 0.454. The topological polar surface area (TPSA) is 74.5 Å². The molecule has 8 heteroatoms. The lowest BCUT2D eigenvalue weighted by molar-refractivity contribution is -0.133. The Balaban J connectivity index is 1.74. The van der Waals surface area contributed by atoms with E-state index in [9.17, 15) is 4.79 Å². The van der Waals surface area contributed by atoms with Crippen LogP contribution in [0.4, 0.5) is 5.95 Å². The number of piperazine rings is 1. The number of nitrogens with zero attached hydrogens (tertiary/aromatic N) is 5. The van der Waals surface area contributed by atoms with Gasteiger partial charge in [-0.15, -0.1) is 10.2 Å². The molecule has 0 radical (unpaired) electrons. The first kappa shape index (κ1) is 14.6. The summed E-state index contributed by atoms with van der Waals surface area (Å²) in [5.74, 6) is 0.138. The van der Waals surface area contributed by atoms with Crippen molar-refractivity contribution >= 4 is 23.7 Å². The average Bonchev–Trinajstić information content (AvgIpc) is 3.25. The SMILES string of the molecule is CCN1CCN(c2nnc(SCC(=O)O)n2C2CC2)CC1. The van der Waals surface area contributed by atoms with Crippen molar-refractivity contribution in [2.24, 2.45) is 0 Å². The maximum absolute atomic E-state index is 10.8. The molecule has 0 atom stereocenters. The number of hydrogen-bond acceptors (Lipinski definition) is 6. The van der Waals surface area contributed by atoms with Gasteiger partial charge in [-0.1, -0.05) is 18.7 Å². The van der Waals surface area contributed by atoms with Crippen LogP contribution in [-0.2, 0) is 4.79 Å². The fourth-order valence-corrected chi connectivity index (χ4v) is 3.35. The fraction of sp³-hybridized carbons (Fsp3) is 0.769. The van der Waals surface area contributed by atoms with Crippen LogP contribution in [0.25, 0.3) is 0 Å². The summed E-state index contributed by atoms with van der Waals surface area (Å²) in [6.07, 6.45) is 2.28. The molecule has 1 aliphatic heterocycles. The van der Waals surface area contributed by atoms with Gasteiger partial charge in [0.2, 0.25) is 5.95 Å². The summed E-state index contributed by atoms with van der Waals surface area (Å²) < 4.78 is 2.15. The summed E-state index contributed by atoms with van der Waals surface area (Å²) >= 11 is 1.27. The molecule has 0 spiro atoms. The van der Waals surface area contributed by atoms with Gasteiger partial charge in [0.05, 0.1) is 5.75 Å². The number of carboxylic acids is 1. The Morgan fingerprint density at radius 2 is 2.00 bits per heavy atom. The molecule has 1 aromatic rings. The van der Waals surface area contributed by atoms with E-state index in [-0.39, 0.29) is 5.75 Å². The molecule has 0 amide bonds. The van der Waals surface area contributed by atoms with Crippen molar-refractivity contribution in [2.45, 2.75) is 31.0 Å². The highest BCUT2D eigenvalue weighted by molar-refractivity contribution is 7.99. The number of aromatic nitrogens is 3. The highest BCUT2D eigenvalue weighted by atomic mass is 32.2. The van der Waals surface area contributed by atoms with Crippen LogP contribution < -0.4 is 4.90 Å². The van der Waals surface area contributed by atoms with E-state index >= 15 is 0 Å². The van der Waals surface area contributed by atoms with Crippen molar-refractivity contribution in [1.29, 1.82) is 0 Å². The van der Waals surface area contributed by atoms with Gasteiger partial charge in [0, 0.05) is 32.2 Å².